The zero-order valence-electron chi connectivity index (χ0n) is 12.5. The van der Waals surface area contributed by atoms with Crippen molar-refractivity contribution in [1.82, 2.24) is 4.90 Å². The van der Waals surface area contributed by atoms with E-state index in [9.17, 15) is 18.0 Å². The lowest BCUT2D eigenvalue weighted by atomic mass is 9.97. The average Bonchev–Trinajstić information content (AvgIpc) is 2.45. The zero-order valence-corrected chi connectivity index (χ0v) is 13.3. The third-order valence-corrected chi connectivity index (χ3v) is 4.57. The minimum atomic E-state index is -3.15. The molecular formula is C15H20N2O4S. The number of nitrogens with zero attached hydrogens (tertiary/aromatic N) is 1. The molecule has 1 aromatic carbocycles. The van der Waals surface area contributed by atoms with Gasteiger partial charge in [0, 0.05) is 24.9 Å². The fourth-order valence-electron chi connectivity index (χ4n) is 2.67. The van der Waals surface area contributed by atoms with Crippen molar-refractivity contribution in [3.63, 3.8) is 0 Å². The number of sulfone groups is 1. The number of benzene rings is 1. The molecule has 1 aliphatic heterocycles. The van der Waals surface area contributed by atoms with Crippen LogP contribution >= 0.6 is 0 Å². The number of carbonyl (C=O) groups is 2. The van der Waals surface area contributed by atoms with Gasteiger partial charge in [-0.1, -0.05) is 12.1 Å². The van der Waals surface area contributed by atoms with Crippen LogP contribution in [0.5, 0.6) is 0 Å². The molecule has 2 rings (SSSR count). The van der Waals surface area contributed by atoms with Gasteiger partial charge in [-0.15, -0.1) is 0 Å². The zero-order chi connectivity index (χ0) is 16.3. The van der Waals surface area contributed by atoms with E-state index in [0.717, 1.165) is 12.7 Å². The molecule has 1 fully saturated rings. The van der Waals surface area contributed by atoms with Crippen molar-refractivity contribution in [3.8, 4) is 0 Å². The highest BCUT2D eigenvalue weighted by molar-refractivity contribution is 7.89. The second-order valence-corrected chi connectivity index (χ2v) is 7.90. The van der Waals surface area contributed by atoms with E-state index < -0.39 is 9.84 Å². The van der Waals surface area contributed by atoms with E-state index in [0.29, 0.717) is 30.6 Å². The van der Waals surface area contributed by atoms with E-state index in [1.807, 2.05) is 0 Å². The van der Waals surface area contributed by atoms with Crippen LogP contribution in [0, 0.1) is 5.92 Å². The maximum absolute atomic E-state index is 12.5. The predicted octanol–water partition coefficient (Wildman–Crippen LogP) is 0.569. The molecule has 0 aliphatic carbocycles. The summed E-state index contributed by atoms with van der Waals surface area (Å²) >= 11 is 0. The summed E-state index contributed by atoms with van der Waals surface area (Å²) in [5.41, 5.74) is 6.33. The SMILES string of the molecule is CS(=O)(=O)Cc1cccc(C(=O)N2CCC[C@H](C(N)=O)C2)c1. The summed E-state index contributed by atoms with van der Waals surface area (Å²) in [6.07, 6.45) is 2.60. The van der Waals surface area contributed by atoms with Crippen molar-refractivity contribution in [2.45, 2.75) is 18.6 Å². The number of rotatable bonds is 4. The third-order valence-electron chi connectivity index (χ3n) is 3.71. The Kier molecular flexibility index (Phi) is 4.85. The van der Waals surface area contributed by atoms with E-state index in [1.165, 1.54) is 0 Å². The first-order valence-electron chi connectivity index (χ1n) is 7.11. The molecule has 1 atom stereocenters. The lowest BCUT2D eigenvalue weighted by molar-refractivity contribution is -0.123. The molecule has 0 unspecified atom stereocenters. The maximum atomic E-state index is 12.5. The maximum Gasteiger partial charge on any atom is 0.253 e. The third kappa shape index (κ3) is 4.30. The van der Waals surface area contributed by atoms with E-state index in [-0.39, 0.29) is 23.5 Å². The Labute approximate surface area is 130 Å². The quantitative estimate of drug-likeness (QED) is 0.875. The van der Waals surface area contributed by atoms with E-state index in [1.54, 1.807) is 29.2 Å². The monoisotopic (exact) mass is 324 g/mol. The van der Waals surface area contributed by atoms with Gasteiger partial charge in [0.1, 0.15) is 0 Å². The van der Waals surface area contributed by atoms with E-state index >= 15 is 0 Å². The summed E-state index contributed by atoms with van der Waals surface area (Å²) in [6, 6.07) is 6.60. The van der Waals surface area contributed by atoms with Crippen LogP contribution in [0.25, 0.3) is 0 Å². The molecule has 0 radical (unpaired) electrons. The van der Waals surface area contributed by atoms with Crippen LogP contribution in [0.15, 0.2) is 24.3 Å². The molecule has 2 amide bonds. The van der Waals surface area contributed by atoms with Crippen LogP contribution in [0.4, 0.5) is 0 Å². The molecule has 6 nitrogen and oxygen atoms in total. The smallest absolute Gasteiger partial charge is 0.253 e. The van der Waals surface area contributed by atoms with Gasteiger partial charge < -0.3 is 10.6 Å². The largest absolute Gasteiger partial charge is 0.369 e. The Hall–Kier alpha value is -1.89. The molecule has 1 aliphatic rings. The second-order valence-electron chi connectivity index (χ2n) is 5.76. The molecule has 120 valence electrons. The van der Waals surface area contributed by atoms with Crippen molar-refractivity contribution in [3.05, 3.63) is 35.4 Å². The minimum Gasteiger partial charge on any atom is -0.369 e. The molecule has 1 saturated heterocycles. The molecule has 1 aromatic rings. The first kappa shape index (κ1) is 16.5. The van der Waals surface area contributed by atoms with Gasteiger partial charge in [0.2, 0.25) is 5.91 Å². The lowest BCUT2D eigenvalue weighted by Crippen LogP contribution is -2.44. The van der Waals surface area contributed by atoms with Crippen molar-refractivity contribution >= 4 is 21.7 Å². The van der Waals surface area contributed by atoms with E-state index in [4.69, 9.17) is 5.73 Å². The van der Waals surface area contributed by atoms with Gasteiger partial charge in [-0.25, -0.2) is 8.42 Å². The fraction of sp³-hybridized carbons (Fsp3) is 0.467. The molecule has 22 heavy (non-hydrogen) atoms. The molecular weight excluding hydrogens is 304 g/mol. The highest BCUT2D eigenvalue weighted by atomic mass is 32.2. The highest BCUT2D eigenvalue weighted by Gasteiger charge is 2.27. The molecule has 7 heteroatoms. The standard InChI is InChI=1S/C15H20N2O4S/c1-22(20,21)10-11-4-2-5-12(8-11)15(19)17-7-3-6-13(9-17)14(16)18/h2,4-5,8,13H,3,6-7,9-10H2,1H3,(H2,16,18)/t13-/m0/s1. The Morgan fingerprint density at radius 1 is 1.36 bits per heavy atom. The van der Waals surface area contributed by atoms with Gasteiger partial charge in [-0.05, 0) is 30.5 Å². The molecule has 2 N–H and O–H groups in total. The van der Waals surface area contributed by atoms with Crippen LogP contribution in [-0.4, -0.2) is 44.5 Å². The number of amides is 2. The van der Waals surface area contributed by atoms with Crippen LogP contribution in [0.3, 0.4) is 0 Å². The predicted molar refractivity (Wildman–Crippen MR) is 82.8 cm³/mol. The van der Waals surface area contributed by atoms with E-state index in [2.05, 4.69) is 0 Å². The molecule has 0 spiro atoms. The number of hydrogen-bond donors (Lipinski definition) is 1. The summed E-state index contributed by atoms with van der Waals surface area (Å²) in [5, 5.41) is 0. The Morgan fingerprint density at radius 2 is 2.09 bits per heavy atom. The summed E-state index contributed by atoms with van der Waals surface area (Å²) < 4.78 is 22.7. The average molecular weight is 324 g/mol. The molecule has 0 saturated carbocycles. The topological polar surface area (TPSA) is 97.5 Å². The van der Waals surface area contributed by atoms with Gasteiger partial charge in [0.25, 0.3) is 5.91 Å². The normalized spacial score (nSPS) is 19.0. The van der Waals surface area contributed by atoms with Gasteiger partial charge >= 0.3 is 0 Å². The fourth-order valence-corrected chi connectivity index (χ4v) is 3.46. The molecule has 0 bridgehead atoms. The second kappa shape index (κ2) is 6.48. The van der Waals surface area contributed by atoms with Crippen molar-refractivity contribution < 1.29 is 18.0 Å². The minimum absolute atomic E-state index is 0.0992. The number of likely N-dealkylation sites (tertiary alicyclic amines) is 1. The van der Waals surface area contributed by atoms with Crippen LogP contribution in [0.2, 0.25) is 0 Å². The van der Waals surface area contributed by atoms with Crippen LogP contribution < -0.4 is 5.73 Å². The Balaban J connectivity index is 2.15. The number of piperidine rings is 1. The Bertz CT molecular complexity index is 685. The lowest BCUT2D eigenvalue weighted by Gasteiger charge is -2.31. The Morgan fingerprint density at radius 3 is 2.73 bits per heavy atom. The van der Waals surface area contributed by atoms with Gasteiger partial charge in [0.15, 0.2) is 9.84 Å². The van der Waals surface area contributed by atoms with Crippen LogP contribution in [0.1, 0.15) is 28.8 Å². The van der Waals surface area contributed by atoms with Gasteiger partial charge in [0.05, 0.1) is 11.7 Å². The summed E-state index contributed by atoms with van der Waals surface area (Å²) in [5.74, 6) is -0.987. The summed E-state index contributed by atoms with van der Waals surface area (Å²) in [7, 11) is -3.15. The number of carbonyl (C=O) groups excluding carboxylic acids is 2. The van der Waals surface area contributed by atoms with Gasteiger partial charge in [-0.2, -0.15) is 0 Å². The number of nitrogens with two attached hydrogens (primary N) is 1. The van der Waals surface area contributed by atoms with Crippen molar-refractivity contribution in [2.75, 3.05) is 19.3 Å². The summed E-state index contributed by atoms with van der Waals surface area (Å²) in [6.45, 7) is 0.906. The number of hydrogen-bond acceptors (Lipinski definition) is 4. The highest BCUT2D eigenvalue weighted by Crippen LogP contribution is 2.19. The van der Waals surface area contributed by atoms with Gasteiger partial charge in [-0.3, -0.25) is 9.59 Å². The first-order valence-corrected chi connectivity index (χ1v) is 9.17. The van der Waals surface area contributed by atoms with Crippen molar-refractivity contribution in [1.29, 1.82) is 0 Å². The molecule has 0 aromatic heterocycles. The van der Waals surface area contributed by atoms with Crippen molar-refractivity contribution in [2.24, 2.45) is 11.7 Å². The summed E-state index contributed by atoms with van der Waals surface area (Å²) in [4.78, 5) is 25.4. The number of primary amides is 1. The van der Waals surface area contributed by atoms with Crippen LogP contribution in [-0.2, 0) is 20.4 Å². The molecule has 1 heterocycles. The first-order chi connectivity index (χ1) is 10.3.